The third-order valence-corrected chi connectivity index (χ3v) is 9.73. The van der Waals surface area contributed by atoms with Crippen LogP contribution in [0.2, 0.25) is 0 Å². The number of thiophene rings is 1. The van der Waals surface area contributed by atoms with Crippen LogP contribution in [0, 0.1) is 25.7 Å². The van der Waals surface area contributed by atoms with Crippen LogP contribution in [-0.4, -0.2) is 61.9 Å². The van der Waals surface area contributed by atoms with Gasteiger partial charge in [0, 0.05) is 43.6 Å². The Bertz CT molecular complexity index is 1450. The predicted molar refractivity (Wildman–Crippen MR) is 149 cm³/mol. The van der Waals surface area contributed by atoms with Crippen molar-refractivity contribution in [3.05, 3.63) is 41.0 Å². The fourth-order valence-corrected chi connectivity index (χ4v) is 7.69. The molecule has 3 aromatic heterocycles. The molecular weight excluding hydrogens is 482 g/mol. The highest BCUT2D eigenvalue weighted by Crippen LogP contribution is 2.46. The van der Waals surface area contributed by atoms with Crippen LogP contribution in [0.15, 0.2) is 29.9 Å². The molecule has 3 N–H and O–H groups in total. The smallest absolute Gasteiger partial charge is 0.248 e. The monoisotopic (exact) mass is 515 g/mol. The van der Waals surface area contributed by atoms with E-state index in [0.29, 0.717) is 11.8 Å². The Balaban J connectivity index is 1.05. The lowest BCUT2D eigenvalue weighted by Gasteiger charge is -2.42. The number of hydrogen-bond acceptors (Lipinski definition) is 9. The predicted octanol–water partition coefficient (Wildman–Crippen LogP) is 4.53. The fraction of sp³-hybridized carbons (Fsp3) is 0.481. The molecule has 9 nitrogen and oxygen atoms in total. The lowest BCUT2D eigenvalue weighted by Crippen LogP contribution is -2.51. The van der Waals surface area contributed by atoms with Gasteiger partial charge in [-0.15, -0.1) is 16.4 Å². The van der Waals surface area contributed by atoms with E-state index in [1.165, 1.54) is 44.5 Å². The van der Waals surface area contributed by atoms with Crippen molar-refractivity contribution in [2.24, 2.45) is 11.8 Å². The summed E-state index contributed by atoms with van der Waals surface area (Å²) < 4.78 is 2.53. The van der Waals surface area contributed by atoms with E-state index < -0.39 is 0 Å². The van der Waals surface area contributed by atoms with Crippen molar-refractivity contribution in [2.75, 3.05) is 42.1 Å². The summed E-state index contributed by atoms with van der Waals surface area (Å²) in [5, 5.41) is 10.0. The van der Waals surface area contributed by atoms with Gasteiger partial charge >= 0.3 is 0 Å². The molecule has 1 aromatic carbocycles. The number of piperazine rings is 1. The van der Waals surface area contributed by atoms with Crippen LogP contribution in [0.1, 0.15) is 36.8 Å². The van der Waals surface area contributed by atoms with Gasteiger partial charge in [0.15, 0.2) is 5.82 Å². The van der Waals surface area contributed by atoms with E-state index in [0.717, 1.165) is 58.0 Å². The SMILES string of the molecule is Cc1cc(N2CCN(C3CC4CCC3C4)CC2)ccc1Nc1nc(N)n(-c2ncnc3c(C)csc23)n1. The molecule has 1 saturated heterocycles. The minimum Gasteiger partial charge on any atom is -0.369 e. The molecule has 0 radical (unpaired) electrons. The zero-order valence-corrected chi connectivity index (χ0v) is 22.2. The number of aryl methyl sites for hydroxylation is 2. The fourth-order valence-electron chi connectivity index (χ4n) is 6.72. The molecule has 4 aromatic rings. The Morgan fingerprint density at radius 2 is 1.89 bits per heavy atom. The molecule has 10 heteroatoms. The molecule has 2 saturated carbocycles. The lowest BCUT2D eigenvalue weighted by atomic mass is 9.93. The van der Waals surface area contributed by atoms with Gasteiger partial charge < -0.3 is 16.0 Å². The van der Waals surface area contributed by atoms with Crippen molar-refractivity contribution in [3.8, 4) is 5.82 Å². The maximum atomic E-state index is 6.24. The topological polar surface area (TPSA) is 101 Å². The van der Waals surface area contributed by atoms with Gasteiger partial charge in [-0.25, -0.2) is 9.97 Å². The van der Waals surface area contributed by atoms with Crippen LogP contribution in [0.25, 0.3) is 16.0 Å². The number of anilines is 4. The van der Waals surface area contributed by atoms with Gasteiger partial charge in [0.25, 0.3) is 0 Å². The maximum absolute atomic E-state index is 6.24. The number of aromatic nitrogens is 5. The van der Waals surface area contributed by atoms with E-state index in [1.807, 2.05) is 6.92 Å². The van der Waals surface area contributed by atoms with Crippen molar-refractivity contribution >= 4 is 44.8 Å². The molecule has 3 unspecified atom stereocenters. The molecule has 37 heavy (non-hydrogen) atoms. The van der Waals surface area contributed by atoms with Crippen LogP contribution in [-0.2, 0) is 0 Å². The summed E-state index contributed by atoms with van der Waals surface area (Å²) in [6.07, 6.45) is 7.40. The minimum absolute atomic E-state index is 0.288. The number of rotatable bonds is 5. The van der Waals surface area contributed by atoms with Crippen LogP contribution in [0.5, 0.6) is 0 Å². The second-order valence-corrected chi connectivity index (χ2v) is 11.8. The molecule has 7 rings (SSSR count). The number of nitrogens with zero attached hydrogens (tertiary/aromatic N) is 7. The molecule has 3 aliphatic rings. The van der Waals surface area contributed by atoms with Crippen molar-refractivity contribution in [1.82, 2.24) is 29.6 Å². The van der Waals surface area contributed by atoms with E-state index in [1.54, 1.807) is 22.3 Å². The third kappa shape index (κ3) is 4.02. The van der Waals surface area contributed by atoms with Gasteiger partial charge in [-0.05, 0) is 79.7 Å². The highest BCUT2D eigenvalue weighted by molar-refractivity contribution is 7.17. The van der Waals surface area contributed by atoms with Crippen LogP contribution in [0.3, 0.4) is 0 Å². The highest BCUT2D eigenvalue weighted by atomic mass is 32.1. The Morgan fingerprint density at radius 3 is 2.65 bits per heavy atom. The molecule has 2 aliphatic carbocycles. The van der Waals surface area contributed by atoms with Crippen molar-refractivity contribution < 1.29 is 0 Å². The minimum atomic E-state index is 0.288. The number of nitrogen functional groups attached to an aromatic ring is 1. The lowest BCUT2D eigenvalue weighted by molar-refractivity contribution is 0.135. The Kier molecular flexibility index (Phi) is 5.54. The van der Waals surface area contributed by atoms with Crippen molar-refractivity contribution in [2.45, 2.75) is 45.6 Å². The van der Waals surface area contributed by atoms with Crippen LogP contribution in [0.4, 0.5) is 23.3 Å². The van der Waals surface area contributed by atoms with Crippen LogP contribution >= 0.6 is 11.3 Å². The highest BCUT2D eigenvalue weighted by Gasteiger charge is 2.42. The summed E-state index contributed by atoms with van der Waals surface area (Å²) in [7, 11) is 0. The van der Waals surface area contributed by atoms with E-state index in [2.05, 4.69) is 65.7 Å². The van der Waals surface area contributed by atoms with E-state index >= 15 is 0 Å². The van der Waals surface area contributed by atoms with Crippen molar-refractivity contribution in [3.63, 3.8) is 0 Å². The Hall–Kier alpha value is -3.24. The van der Waals surface area contributed by atoms with E-state index in [9.17, 15) is 0 Å². The molecular formula is C27H33N9S. The maximum Gasteiger partial charge on any atom is 0.248 e. The summed E-state index contributed by atoms with van der Waals surface area (Å²) in [6, 6.07) is 7.43. The number of nitrogens with two attached hydrogens (primary N) is 1. The Morgan fingerprint density at radius 1 is 1.03 bits per heavy atom. The number of benzene rings is 1. The summed E-state index contributed by atoms with van der Waals surface area (Å²) in [6.45, 7) is 8.70. The summed E-state index contributed by atoms with van der Waals surface area (Å²) in [5.41, 5.74) is 11.7. The molecule has 4 heterocycles. The van der Waals surface area contributed by atoms with Gasteiger partial charge in [-0.2, -0.15) is 9.67 Å². The first-order valence-corrected chi connectivity index (χ1v) is 14.2. The molecule has 0 spiro atoms. The van der Waals surface area contributed by atoms with Gasteiger partial charge in [0.1, 0.15) is 6.33 Å². The summed E-state index contributed by atoms with van der Waals surface area (Å²) in [5.74, 6) is 3.36. The second kappa shape index (κ2) is 8.95. The van der Waals surface area contributed by atoms with Crippen LogP contribution < -0.4 is 16.0 Å². The van der Waals surface area contributed by atoms with E-state index in [4.69, 9.17) is 5.73 Å². The summed E-state index contributed by atoms with van der Waals surface area (Å²) in [4.78, 5) is 18.6. The molecule has 1 aliphatic heterocycles. The first kappa shape index (κ1) is 22.9. The molecule has 3 fully saturated rings. The van der Waals surface area contributed by atoms with Crippen molar-refractivity contribution in [1.29, 1.82) is 0 Å². The molecule has 2 bridgehead atoms. The second-order valence-electron chi connectivity index (χ2n) is 10.9. The van der Waals surface area contributed by atoms with Gasteiger partial charge in [0.2, 0.25) is 11.9 Å². The largest absolute Gasteiger partial charge is 0.369 e. The van der Waals surface area contributed by atoms with Gasteiger partial charge in [0.05, 0.1) is 10.2 Å². The first-order chi connectivity index (χ1) is 18.0. The average molecular weight is 516 g/mol. The molecule has 192 valence electrons. The zero-order chi connectivity index (χ0) is 25.1. The molecule has 0 amide bonds. The zero-order valence-electron chi connectivity index (χ0n) is 21.4. The van der Waals surface area contributed by atoms with E-state index in [-0.39, 0.29) is 5.95 Å². The standard InChI is InChI=1S/C27H33N9S/c1-16-11-20(34-7-9-35(10-8-34)22-13-18-3-4-19(22)12-18)5-6-21(16)31-27-32-26(28)36(33-27)25-24-23(29-15-30-25)17(2)14-37-24/h5-6,11,14-15,18-19,22H,3-4,7-10,12-13H2,1-2H3,(H3,28,31,32,33). The number of fused-ring (bicyclic) bond motifs is 3. The molecule has 3 atom stereocenters. The van der Waals surface area contributed by atoms with Gasteiger partial charge in [-0.3, -0.25) is 4.90 Å². The number of nitrogens with one attached hydrogen (secondary N) is 1. The number of hydrogen-bond donors (Lipinski definition) is 2. The Labute approximate surface area is 220 Å². The first-order valence-electron chi connectivity index (χ1n) is 13.3. The normalized spacial score (nSPS) is 23.8. The van der Waals surface area contributed by atoms with Gasteiger partial charge in [-0.1, -0.05) is 6.42 Å². The average Bonchev–Trinajstić information content (AvgIpc) is 3.70. The quantitative estimate of drug-likeness (QED) is 0.400. The third-order valence-electron chi connectivity index (χ3n) is 8.65. The summed E-state index contributed by atoms with van der Waals surface area (Å²) >= 11 is 1.59.